The first-order chi connectivity index (χ1) is 6.53. The molecule has 80 valence electrons. The van der Waals surface area contributed by atoms with Crippen molar-refractivity contribution in [1.82, 2.24) is 5.32 Å². The van der Waals surface area contributed by atoms with E-state index in [0.717, 1.165) is 0 Å². The van der Waals surface area contributed by atoms with Crippen molar-refractivity contribution in [2.24, 2.45) is 5.41 Å². The summed E-state index contributed by atoms with van der Waals surface area (Å²) in [6, 6.07) is 0. The highest BCUT2D eigenvalue weighted by Crippen LogP contribution is 2.44. The van der Waals surface area contributed by atoms with Crippen LogP contribution >= 0.6 is 0 Å². The van der Waals surface area contributed by atoms with Gasteiger partial charge in [-0.25, -0.2) is 8.42 Å². The molecule has 0 aromatic carbocycles. The number of carbonyl (C=O) groups is 1. The number of sulfone groups is 1. The molecule has 0 spiro atoms. The molecule has 0 aromatic heterocycles. The summed E-state index contributed by atoms with van der Waals surface area (Å²) in [4.78, 5) is 11.6. The van der Waals surface area contributed by atoms with Crippen LogP contribution in [0.5, 0.6) is 0 Å². The predicted octanol–water partition coefficient (Wildman–Crippen LogP) is -1.06. The quantitative estimate of drug-likeness (QED) is 0.599. The maximum atomic E-state index is 11.6. The number of carbonyl (C=O) groups excluding carboxylic acids is 1. The van der Waals surface area contributed by atoms with E-state index < -0.39 is 20.5 Å². The van der Waals surface area contributed by atoms with Crippen LogP contribution in [0.2, 0.25) is 0 Å². The van der Waals surface area contributed by atoms with E-state index in [1.165, 1.54) is 0 Å². The zero-order valence-corrected chi connectivity index (χ0v) is 8.76. The molecule has 0 aliphatic carbocycles. The number of hydrogen-bond acceptors (Lipinski definition) is 5. The van der Waals surface area contributed by atoms with Crippen molar-refractivity contribution in [1.29, 1.82) is 0 Å². The molecule has 2 aliphatic rings. The van der Waals surface area contributed by atoms with Crippen LogP contribution in [0.25, 0.3) is 0 Å². The van der Waals surface area contributed by atoms with E-state index in [4.69, 9.17) is 4.74 Å². The van der Waals surface area contributed by atoms with Crippen LogP contribution in [0, 0.1) is 5.41 Å². The minimum Gasteiger partial charge on any atom is -0.465 e. The summed E-state index contributed by atoms with van der Waals surface area (Å²) in [7, 11) is -3.04. The van der Waals surface area contributed by atoms with Gasteiger partial charge in [-0.3, -0.25) is 4.79 Å². The molecule has 0 aromatic rings. The molecule has 2 fully saturated rings. The zero-order valence-electron chi connectivity index (χ0n) is 7.95. The van der Waals surface area contributed by atoms with Gasteiger partial charge in [-0.2, -0.15) is 0 Å². The lowest BCUT2D eigenvalue weighted by atomic mass is 9.88. The maximum absolute atomic E-state index is 11.6. The summed E-state index contributed by atoms with van der Waals surface area (Å²) < 4.78 is 27.6. The van der Waals surface area contributed by atoms with Gasteiger partial charge >= 0.3 is 5.97 Å². The van der Waals surface area contributed by atoms with Gasteiger partial charge in [0.2, 0.25) is 0 Å². The molecule has 0 bridgehead atoms. The average molecular weight is 219 g/mol. The number of hydrogen-bond donors (Lipinski definition) is 1. The summed E-state index contributed by atoms with van der Waals surface area (Å²) in [6.07, 6.45) is 0. The van der Waals surface area contributed by atoms with Crippen LogP contribution in [-0.4, -0.2) is 45.1 Å². The molecule has 2 atom stereocenters. The maximum Gasteiger partial charge on any atom is 0.315 e. The third kappa shape index (κ3) is 1.10. The van der Waals surface area contributed by atoms with E-state index in [2.05, 4.69) is 5.32 Å². The van der Waals surface area contributed by atoms with Crippen molar-refractivity contribution in [3.8, 4) is 0 Å². The minimum absolute atomic E-state index is 0.0590. The summed E-state index contributed by atoms with van der Waals surface area (Å²) >= 11 is 0. The van der Waals surface area contributed by atoms with E-state index in [1.54, 1.807) is 6.92 Å². The monoisotopic (exact) mass is 219 g/mol. The Morgan fingerprint density at radius 3 is 2.93 bits per heavy atom. The molecule has 2 saturated heterocycles. The van der Waals surface area contributed by atoms with Crippen LogP contribution in [0.15, 0.2) is 0 Å². The SMILES string of the molecule is CCOC(=O)C12CNCC1S(=O)(=O)C2. The number of esters is 1. The smallest absolute Gasteiger partial charge is 0.315 e. The Bertz CT molecular complexity index is 364. The van der Waals surface area contributed by atoms with Crippen LogP contribution in [0.1, 0.15) is 6.92 Å². The van der Waals surface area contributed by atoms with Crippen molar-refractivity contribution in [3.05, 3.63) is 0 Å². The second-order valence-electron chi connectivity index (χ2n) is 3.80. The van der Waals surface area contributed by atoms with Gasteiger partial charge in [-0.05, 0) is 6.92 Å². The fourth-order valence-electron chi connectivity index (χ4n) is 2.25. The second kappa shape index (κ2) is 2.93. The number of fused-ring (bicyclic) bond motifs is 1. The summed E-state index contributed by atoms with van der Waals surface area (Å²) in [6.45, 7) is 2.82. The Kier molecular flexibility index (Phi) is 2.08. The van der Waals surface area contributed by atoms with Crippen LogP contribution in [0.4, 0.5) is 0 Å². The Morgan fingerprint density at radius 1 is 1.64 bits per heavy atom. The van der Waals surface area contributed by atoms with E-state index >= 15 is 0 Å². The van der Waals surface area contributed by atoms with Crippen LogP contribution < -0.4 is 5.32 Å². The van der Waals surface area contributed by atoms with E-state index in [-0.39, 0.29) is 11.7 Å². The minimum atomic E-state index is -3.04. The van der Waals surface area contributed by atoms with E-state index in [1.807, 2.05) is 0 Å². The molecular weight excluding hydrogens is 206 g/mol. The molecule has 5 nitrogen and oxygen atoms in total. The molecule has 0 amide bonds. The van der Waals surface area contributed by atoms with Gasteiger partial charge in [-0.15, -0.1) is 0 Å². The molecule has 0 saturated carbocycles. The van der Waals surface area contributed by atoms with Gasteiger partial charge in [0, 0.05) is 13.1 Å². The van der Waals surface area contributed by atoms with Crippen LogP contribution in [0.3, 0.4) is 0 Å². The molecule has 1 N–H and O–H groups in total. The molecule has 2 unspecified atom stereocenters. The highest BCUT2D eigenvalue weighted by atomic mass is 32.2. The van der Waals surface area contributed by atoms with Gasteiger partial charge in [0.25, 0.3) is 0 Å². The Balaban J connectivity index is 2.22. The third-order valence-electron chi connectivity index (χ3n) is 2.96. The van der Waals surface area contributed by atoms with Crippen molar-refractivity contribution in [3.63, 3.8) is 0 Å². The molecule has 0 radical (unpaired) electrons. The molecule has 2 heterocycles. The highest BCUT2D eigenvalue weighted by molar-refractivity contribution is 7.93. The van der Waals surface area contributed by atoms with Gasteiger partial charge in [0.15, 0.2) is 9.84 Å². The lowest BCUT2D eigenvalue weighted by Crippen LogP contribution is -2.61. The van der Waals surface area contributed by atoms with Crippen molar-refractivity contribution < 1.29 is 17.9 Å². The molecule has 2 aliphatic heterocycles. The lowest BCUT2D eigenvalue weighted by Gasteiger charge is -2.40. The predicted molar refractivity (Wildman–Crippen MR) is 49.5 cm³/mol. The van der Waals surface area contributed by atoms with E-state index in [9.17, 15) is 13.2 Å². The van der Waals surface area contributed by atoms with Crippen molar-refractivity contribution >= 4 is 15.8 Å². The zero-order chi connectivity index (χ0) is 10.4. The largest absolute Gasteiger partial charge is 0.465 e. The first-order valence-corrected chi connectivity index (χ1v) is 6.34. The summed E-state index contributed by atoms with van der Waals surface area (Å²) in [5.74, 6) is -0.430. The fraction of sp³-hybridized carbons (Fsp3) is 0.875. The Labute approximate surface area is 82.7 Å². The molecular formula is C8H13NO4S. The van der Waals surface area contributed by atoms with Crippen molar-refractivity contribution in [2.45, 2.75) is 12.2 Å². The third-order valence-corrected chi connectivity index (χ3v) is 5.36. The second-order valence-corrected chi connectivity index (χ2v) is 5.99. The standard InChI is InChI=1S/C8H13NO4S/c1-2-13-7(10)8-4-9-3-6(8)14(11,12)5-8/h6,9H,2-5H2,1H3. The normalized spacial score (nSPS) is 38.5. The van der Waals surface area contributed by atoms with E-state index in [0.29, 0.717) is 19.7 Å². The molecule has 2 rings (SSSR count). The van der Waals surface area contributed by atoms with Gasteiger partial charge in [0.1, 0.15) is 5.41 Å². The number of nitrogens with one attached hydrogen (secondary N) is 1. The Hall–Kier alpha value is -0.620. The molecule has 6 heteroatoms. The molecule has 14 heavy (non-hydrogen) atoms. The van der Waals surface area contributed by atoms with Crippen LogP contribution in [-0.2, 0) is 19.4 Å². The Morgan fingerprint density at radius 2 is 2.36 bits per heavy atom. The van der Waals surface area contributed by atoms with Gasteiger partial charge in [-0.1, -0.05) is 0 Å². The van der Waals surface area contributed by atoms with Crippen molar-refractivity contribution in [2.75, 3.05) is 25.4 Å². The highest BCUT2D eigenvalue weighted by Gasteiger charge is 2.66. The van der Waals surface area contributed by atoms with Gasteiger partial charge in [0.05, 0.1) is 17.6 Å². The topological polar surface area (TPSA) is 72.5 Å². The number of ether oxygens (including phenoxy) is 1. The van der Waals surface area contributed by atoms with Gasteiger partial charge < -0.3 is 10.1 Å². The summed E-state index contributed by atoms with van der Waals surface area (Å²) in [5.41, 5.74) is -0.783. The lowest BCUT2D eigenvalue weighted by molar-refractivity contribution is -0.153. The number of rotatable bonds is 2. The first-order valence-electron chi connectivity index (χ1n) is 4.62. The average Bonchev–Trinajstić information content (AvgIpc) is 2.45. The fourth-order valence-corrected chi connectivity index (χ4v) is 4.61. The summed E-state index contributed by atoms with van der Waals surface area (Å²) in [5, 5.41) is 2.38. The first kappa shape index (κ1) is 9.92.